The summed E-state index contributed by atoms with van der Waals surface area (Å²) in [5.41, 5.74) is -0.256. The molecule has 0 saturated carbocycles. The Morgan fingerprint density at radius 2 is 1.94 bits per heavy atom. The average Bonchev–Trinajstić information content (AvgIpc) is 2.97. The van der Waals surface area contributed by atoms with Gasteiger partial charge in [0.05, 0.1) is 16.7 Å². The van der Waals surface area contributed by atoms with Gasteiger partial charge in [-0.25, -0.2) is 0 Å². The fraction of sp³-hybridized carbons (Fsp3) is 0.333. The van der Waals surface area contributed by atoms with Gasteiger partial charge in [-0.15, -0.1) is 6.58 Å². The van der Waals surface area contributed by atoms with Crippen molar-refractivity contribution in [2.45, 2.75) is 12.0 Å². The van der Waals surface area contributed by atoms with Crippen LogP contribution >= 0.6 is 34.8 Å². The van der Waals surface area contributed by atoms with Crippen LogP contribution in [0.3, 0.4) is 0 Å². The molecule has 0 spiro atoms. The normalized spacial score (nSPS) is 22.3. The van der Waals surface area contributed by atoms with Gasteiger partial charge in [0.15, 0.2) is 5.75 Å². The second-order valence-electron chi connectivity index (χ2n) is 3.95. The Morgan fingerprint density at radius 3 is 2.41 bits per heavy atom. The molecule has 1 fully saturated rings. The van der Waals surface area contributed by atoms with Crippen molar-refractivity contribution in [1.29, 1.82) is 0 Å². The fourth-order valence-electron chi connectivity index (χ4n) is 1.50. The molecule has 0 N–H and O–H groups in total. The van der Waals surface area contributed by atoms with Gasteiger partial charge in [0, 0.05) is 5.02 Å². The van der Waals surface area contributed by atoms with Crippen LogP contribution < -0.4 is 4.74 Å². The van der Waals surface area contributed by atoms with Crippen molar-refractivity contribution in [3.63, 3.8) is 0 Å². The molecule has 1 heterocycles. The standard InChI is InChI=1S/C12H11Cl3O2/c1-2-3-12(7-17-12)6-16-11-9(14)4-8(13)5-10(11)15/h2,4-5H,1,3,6-7H2. The number of hydrogen-bond acceptors (Lipinski definition) is 2. The molecule has 2 nitrogen and oxygen atoms in total. The molecule has 0 radical (unpaired) electrons. The Morgan fingerprint density at radius 1 is 1.35 bits per heavy atom. The highest BCUT2D eigenvalue weighted by Crippen LogP contribution is 2.38. The SMILES string of the molecule is C=CCC1(COc2c(Cl)cc(Cl)cc2Cl)CO1. The van der Waals surface area contributed by atoms with E-state index >= 15 is 0 Å². The zero-order valence-electron chi connectivity index (χ0n) is 9.01. The number of halogens is 3. The van der Waals surface area contributed by atoms with Gasteiger partial charge in [0.1, 0.15) is 12.2 Å². The van der Waals surface area contributed by atoms with E-state index in [0.29, 0.717) is 34.0 Å². The molecule has 0 aromatic heterocycles. The van der Waals surface area contributed by atoms with Crippen LogP contribution in [0.5, 0.6) is 5.75 Å². The van der Waals surface area contributed by atoms with Gasteiger partial charge in [-0.1, -0.05) is 40.9 Å². The van der Waals surface area contributed by atoms with Crippen LogP contribution in [0, 0.1) is 0 Å². The zero-order valence-corrected chi connectivity index (χ0v) is 11.3. The first-order chi connectivity index (χ1) is 8.06. The molecule has 0 bridgehead atoms. The summed E-state index contributed by atoms with van der Waals surface area (Å²) in [6.07, 6.45) is 2.55. The summed E-state index contributed by atoms with van der Waals surface area (Å²) in [6.45, 7) is 4.75. The summed E-state index contributed by atoms with van der Waals surface area (Å²) in [7, 11) is 0. The van der Waals surface area contributed by atoms with Crippen LogP contribution in [0.2, 0.25) is 15.1 Å². The molecule has 1 aliphatic rings. The fourth-order valence-corrected chi connectivity index (χ4v) is 2.42. The first-order valence-corrected chi connectivity index (χ1v) is 6.22. The molecule has 1 unspecified atom stereocenters. The lowest BCUT2D eigenvalue weighted by molar-refractivity contribution is 0.191. The maximum Gasteiger partial charge on any atom is 0.156 e. The lowest BCUT2D eigenvalue weighted by Crippen LogP contribution is -2.21. The van der Waals surface area contributed by atoms with Gasteiger partial charge in [0.2, 0.25) is 0 Å². The molecule has 1 aromatic carbocycles. The number of rotatable bonds is 5. The minimum atomic E-state index is -0.256. The largest absolute Gasteiger partial charge is 0.487 e. The predicted octanol–water partition coefficient (Wildman–Crippen LogP) is 4.37. The molecule has 1 aromatic rings. The molecule has 1 aliphatic heterocycles. The molecule has 1 saturated heterocycles. The molecular formula is C12H11Cl3O2. The summed E-state index contributed by atoms with van der Waals surface area (Å²) in [5, 5.41) is 1.28. The molecule has 17 heavy (non-hydrogen) atoms. The highest BCUT2D eigenvalue weighted by molar-refractivity contribution is 6.40. The summed E-state index contributed by atoms with van der Waals surface area (Å²) in [5.74, 6) is 0.441. The van der Waals surface area contributed by atoms with Gasteiger partial charge in [-0.2, -0.15) is 0 Å². The number of epoxide rings is 1. The third kappa shape index (κ3) is 3.08. The molecule has 2 rings (SSSR count). The van der Waals surface area contributed by atoms with E-state index in [9.17, 15) is 0 Å². The van der Waals surface area contributed by atoms with Gasteiger partial charge >= 0.3 is 0 Å². The summed E-state index contributed by atoms with van der Waals surface area (Å²) >= 11 is 17.8. The van der Waals surface area contributed by atoms with E-state index in [2.05, 4.69) is 6.58 Å². The number of hydrogen-bond donors (Lipinski definition) is 0. The number of ether oxygens (including phenoxy) is 2. The van der Waals surface area contributed by atoms with E-state index in [-0.39, 0.29) is 5.60 Å². The van der Waals surface area contributed by atoms with E-state index in [0.717, 1.165) is 6.42 Å². The van der Waals surface area contributed by atoms with E-state index in [4.69, 9.17) is 44.3 Å². The Bertz CT molecular complexity index is 418. The second-order valence-corrected chi connectivity index (χ2v) is 5.20. The molecule has 1 atom stereocenters. The lowest BCUT2D eigenvalue weighted by atomic mass is 10.1. The van der Waals surface area contributed by atoms with Gasteiger partial charge in [0.25, 0.3) is 0 Å². The first kappa shape index (κ1) is 13.0. The summed E-state index contributed by atoms with van der Waals surface area (Å²) in [4.78, 5) is 0. The van der Waals surface area contributed by atoms with Gasteiger partial charge < -0.3 is 9.47 Å². The first-order valence-electron chi connectivity index (χ1n) is 5.08. The monoisotopic (exact) mass is 292 g/mol. The van der Waals surface area contributed by atoms with E-state index < -0.39 is 0 Å². The minimum Gasteiger partial charge on any atom is -0.487 e. The maximum atomic E-state index is 6.01. The van der Waals surface area contributed by atoms with Crippen molar-refractivity contribution in [2.75, 3.05) is 13.2 Å². The highest BCUT2D eigenvalue weighted by atomic mass is 35.5. The van der Waals surface area contributed by atoms with Crippen molar-refractivity contribution in [3.05, 3.63) is 39.9 Å². The van der Waals surface area contributed by atoms with Crippen molar-refractivity contribution >= 4 is 34.8 Å². The average molecular weight is 294 g/mol. The Labute approximate surface area is 115 Å². The smallest absolute Gasteiger partial charge is 0.156 e. The van der Waals surface area contributed by atoms with Crippen molar-refractivity contribution in [2.24, 2.45) is 0 Å². The Hall–Kier alpha value is -0.410. The lowest BCUT2D eigenvalue weighted by Gasteiger charge is -2.14. The van der Waals surface area contributed by atoms with E-state index in [1.165, 1.54) is 0 Å². The van der Waals surface area contributed by atoms with E-state index in [1.807, 2.05) is 0 Å². The van der Waals surface area contributed by atoms with Crippen molar-refractivity contribution in [3.8, 4) is 5.75 Å². The number of benzene rings is 1. The third-order valence-electron chi connectivity index (χ3n) is 2.51. The maximum absolute atomic E-state index is 6.01. The predicted molar refractivity (Wildman–Crippen MR) is 70.5 cm³/mol. The topological polar surface area (TPSA) is 21.8 Å². The molecule has 92 valence electrons. The Balaban J connectivity index is 2.07. The van der Waals surface area contributed by atoms with Crippen LogP contribution in [-0.4, -0.2) is 18.8 Å². The van der Waals surface area contributed by atoms with Crippen LogP contribution in [-0.2, 0) is 4.74 Å². The van der Waals surface area contributed by atoms with Gasteiger partial charge in [-0.05, 0) is 18.6 Å². The Kier molecular flexibility index (Phi) is 3.88. The summed E-state index contributed by atoms with van der Waals surface area (Å²) < 4.78 is 11.0. The van der Waals surface area contributed by atoms with Crippen LogP contribution in [0.1, 0.15) is 6.42 Å². The second kappa shape index (κ2) is 5.07. The molecule has 5 heteroatoms. The van der Waals surface area contributed by atoms with Crippen molar-refractivity contribution < 1.29 is 9.47 Å². The molecule has 0 amide bonds. The zero-order chi connectivity index (χ0) is 12.5. The van der Waals surface area contributed by atoms with Crippen molar-refractivity contribution in [1.82, 2.24) is 0 Å². The van der Waals surface area contributed by atoms with E-state index in [1.54, 1.807) is 18.2 Å². The minimum absolute atomic E-state index is 0.256. The highest BCUT2D eigenvalue weighted by Gasteiger charge is 2.44. The molecular weight excluding hydrogens is 282 g/mol. The quantitative estimate of drug-likeness (QED) is 0.594. The van der Waals surface area contributed by atoms with Gasteiger partial charge in [-0.3, -0.25) is 0 Å². The van der Waals surface area contributed by atoms with Crippen LogP contribution in [0.25, 0.3) is 0 Å². The summed E-state index contributed by atoms with van der Waals surface area (Å²) in [6, 6.07) is 3.19. The molecule has 0 aliphatic carbocycles. The van der Waals surface area contributed by atoms with Crippen LogP contribution in [0.15, 0.2) is 24.8 Å². The third-order valence-corrected chi connectivity index (χ3v) is 3.29. The van der Waals surface area contributed by atoms with Crippen LogP contribution in [0.4, 0.5) is 0 Å².